The summed E-state index contributed by atoms with van der Waals surface area (Å²) in [5.41, 5.74) is 0. The maximum Gasteiger partial charge on any atom is 0.389 e. The fraction of sp³-hybridized carbons (Fsp3) is 0.833. The summed E-state index contributed by atoms with van der Waals surface area (Å²) in [7, 11) is 0. The standard InChI is InChI=1S/C6H9F3INO/c7-6(8,9)2-1-5(12)11-4-3-10/h1-4H2,(H,11,12). The Balaban J connectivity index is 3.44. The van der Waals surface area contributed by atoms with E-state index in [-0.39, 0.29) is 0 Å². The van der Waals surface area contributed by atoms with Crippen LogP contribution in [0.4, 0.5) is 13.2 Å². The molecule has 0 radical (unpaired) electrons. The third-order valence-electron chi connectivity index (χ3n) is 1.05. The Labute approximate surface area is 82.0 Å². The van der Waals surface area contributed by atoms with Crippen molar-refractivity contribution in [2.75, 3.05) is 11.0 Å². The maximum absolute atomic E-state index is 11.6. The van der Waals surface area contributed by atoms with Gasteiger partial charge >= 0.3 is 6.18 Å². The summed E-state index contributed by atoms with van der Waals surface area (Å²) in [5, 5.41) is 2.36. The summed E-state index contributed by atoms with van der Waals surface area (Å²) in [4.78, 5) is 10.6. The highest BCUT2D eigenvalue weighted by Gasteiger charge is 2.27. The van der Waals surface area contributed by atoms with Gasteiger partial charge in [0.2, 0.25) is 5.91 Å². The van der Waals surface area contributed by atoms with Crippen molar-refractivity contribution in [2.45, 2.75) is 19.0 Å². The van der Waals surface area contributed by atoms with Gasteiger partial charge in [0, 0.05) is 17.4 Å². The van der Waals surface area contributed by atoms with Gasteiger partial charge in [0.15, 0.2) is 0 Å². The van der Waals surface area contributed by atoms with Crippen molar-refractivity contribution in [1.29, 1.82) is 0 Å². The third-order valence-corrected chi connectivity index (χ3v) is 1.59. The van der Waals surface area contributed by atoms with Crippen LogP contribution >= 0.6 is 22.6 Å². The number of carbonyl (C=O) groups is 1. The SMILES string of the molecule is O=C(CCC(F)(F)F)NCCI. The topological polar surface area (TPSA) is 29.1 Å². The summed E-state index contributed by atoms with van der Waals surface area (Å²) in [5.74, 6) is -0.538. The fourth-order valence-electron chi connectivity index (χ4n) is 0.530. The molecule has 0 aliphatic heterocycles. The molecule has 0 aliphatic carbocycles. The molecular weight excluding hydrogens is 286 g/mol. The molecule has 0 aliphatic rings. The molecular formula is C6H9F3INO. The van der Waals surface area contributed by atoms with Crippen LogP contribution in [0.2, 0.25) is 0 Å². The molecule has 0 aromatic rings. The van der Waals surface area contributed by atoms with Crippen LogP contribution in [-0.2, 0) is 4.79 Å². The first kappa shape index (κ1) is 12.0. The van der Waals surface area contributed by atoms with Crippen LogP contribution in [-0.4, -0.2) is 23.1 Å². The molecule has 2 nitrogen and oxygen atoms in total. The van der Waals surface area contributed by atoms with Gasteiger partial charge in [-0.15, -0.1) is 0 Å². The van der Waals surface area contributed by atoms with Crippen LogP contribution in [0.3, 0.4) is 0 Å². The Bertz CT molecular complexity index is 148. The van der Waals surface area contributed by atoms with Crippen LogP contribution in [0, 0.1) is 0 Å². The van der Waals surface area contributed by atoms with Gasteiger partial charge in [0.25, 0.3) is 0 Å². The van der Waals surface area contributed by atoms with Gasteiger partial charge in [-0.25, -0.2) is 0 Å². The average Bonchev–Trinajstić information content (AvgIpc) is 1.95. The largest absolute Gasteiger partial charge is 0.389 e. The highest BCUT2D eigenvalue weighted by molar-refractivity contribution is 14.1. The second-order valence-corrected chi connectivity index (χ2v) is 3.23. The van der Waals surface area contributed by atoms with E-state index in [1.807, 2.05) is 22.6 Å². The Hall–Kier alpha value is -0.0100. The van der Waals surface area contributed by atoms with Gasteiger partial charge in [-0.3, -0.25) is 4.79 Å². The van der Waals surface area contributed by atoms with E-state index >= 15 is 0 Å². The minimum absolute atomic E-state index is 0.428. The van der Waals surface area contributed by atoms with E-state index in [2.05, 4.69) is 5.32 Å². The molecule has 12 heavy (non-hydrogen) atoms. The normalized spacial score (nSPS) is 11.3. The molecule has 6 heteroatoms. The first-order chi connectivity index (χ1) is 5.45. The number of nitrogens with one attached hydrogen (secondary N) is 1. The van der Waals surface area contributed by atoms with Gasteiger partial charge in [-0.05, 0) is 0 Å². The van der Waals surface area contributed by atoms with Crippen molar-refractivity contribution in [3.8, 4) is 0 Å². The molecule has 0 atom stereocenters. The average molecular weight is 295 g/mol. The van der Waals surface area contributed by atoms with Crippen LogP contribution in [0.1, 0.15) is 12.8 Å². The van der Waals surface area contributed by atoms with Crippen LogP contribution in [0.5, 0.6) is 0 Å². The quantitative estimate of drug-likeness (QED) is 0.623. The molecule has 0 aromatic heterocycles. The molecule has 1 amide bonds. The van der Waals surface area contributed by atoms with E-state index in [4.69, 9.17) is 0 Å². The molecule has 0 fully saturated rings. The van der Waals surface area contributed by atoms with Crippen molar-refractivity contribution >= 4 is 28.5 Å². The lowest BCUT2D eigenvalue weighted by Gasteiger charge is -2.05. The molecule has 0 unspecified atom stereocenters. The number of alkyl halides is 4. The lowest BCUT2D eigenvalue weighted by Crippen LogP contribution is -2.26. The lowest BCUT2D eigenvalue weighted by molar-refractivity contribution is -0.144. The lowest BCUT2D eigenvalue weighted by atomic mass is 10.3. The Morgan fingerprint density at radius 2 is 2.00 bits per heavy atom. The molecule has 0 heterocycles. The predicted octanol–water partition coefficient (Wildman–Crippen LogP) is 1.88. The number of amides is 1. The van der Waals surface area contributed by atoms with Crippen molar-refractivity contribution < 1.29 is 18.0 Å². The summed E-state index contributed by atoms with van der Waals surface area (Å²) >= 11 is 2.03. The predicted molar refractivity (Wildman–Crippen MR) is 47.2 cm³/mol. The maximum atomic E-state index is 11.6. The monoisotopic (exact) mass is 295 g/mol. The van der Waals surface area contributed by atoms with Crippen molar-refractivity contribution in [3.05, 3.63) is 0 Å². The van der Waals surface area contributed by atoms with E-state index < -0.39 is 24.9 Å². The van der Waals surface area contributed by atoms with Crippen molar-refractivity contribution in [3.63, 3.8) is 0 Å². The molecule has 0 aromatic carbocycles. The third kappa shape index (κ3) is 8.09. The molecule has 0 spiro atoms. The summed E-state index contributed by atoms with van der Waals surface area (Å²) in [6.07, 6.45) is -5.75. The second-order valence-electron chi connectivity index (χ2n) is 2.15. The molecule has 0 rings (SSSR count). The van der Waals surface area contributed by atoms with Gasteiger partial charge in [0.05, 0.1) is 6.42 Å². The fourth-order valence-corrected chi connectivity index (χ4v) is 0.800. The molecule has 72 valence electrons. The number of hydrogen-bond acceptors (Lipinski definition) is 1. The zero-order valence-electron chi connectivity index (χ0n) is 6.25. The highest BCUT2D eigenvalue weighted by atomic mass is 127. The number of rotatable bonds is 4. The van der Waals surface area contributed by atoms with Crippen LogP contribution in [0.15, 0.2) is 0 Å². The zero-order chi connectivity index (χ0) is 9.61. The van der Waals surface area contributed by atoms with E-state index in [1.54, 1.807) is 0 Å². The minimum Gasteiger partial charge on any atom is -0.355 e. The van der Waals surface area contributed by atoms with Gasteiger partial charge in [-0.1, -0.05) is 22.6 Å². The number of halogens is 4. The minimum atomic E-state index is -4.23. The van der Waals surface area contributed by atoms with E-state index in [0.29, 0.717) is 11.0 Å². The van der Waals surface area contributed by atoms with Crippen LogP contribution in [0.25, 0.3) is 0 Å². The van der Waals surface area contributed by atoms with Crippen LogP contribution < -0.4 is 5.32 Å². The molecule has 0 saturated carbocycles. The molecule has 0 saturated heterocycles. The smallest absolute Gasteiger partial charge is 0.355 e. The first-order valence-electron chi connectivity index (χ1n) is 3.35. The Morgan fingerprint density at radius 1 is 1.42 bits per heavy atom. The Kier molecular flexibility index (Phi) is 5.60. The molecule has 0 bridgehead atoms. The summed E-state index contributed by atoms with van der Waals surface area (Å²) in [6, 6.07) is 0. The van der Waals surface area contributed by atoms with Crippen molar-refractivity contribution in [1.82, 2.24) is 5.32 Å². The van der Waals surface area contributed by atoms with Gasteiger partial charge in [0.1, 0.15) is 0 Å². The second kappa shape index (κ2) is 5.60. The number of hydrogen-bond donors (Lipinski definition) is 1. The van der Waals surface area contributed by atoms with Gasteiger partial charge < -0.3 is 5.32 Å². The summed E-state index contributed by atoms with van der Waals surface area (Å²) < 4.78 is 35.4. The highest BCUT2D eigenvalue weighted by Crippen LogP contribution is 2.20. The van der Waals surface area contributed by atoms with Gasteiger partial charge in [-0.2, -0.15) is 13.2 Å². The molecule has 1 N–H and O–H groups in total. The van der Waals surface area contributed by atoms with E-state index in [1.165, 1.54) is 0 Å². The Morgan fingerprint density at radius 3 is 2.42 bits per heavy atom. The summed E-state index contributed by atoms with van der Waals surface area (Å²) in [6.45, 7) is 0.428. The first-order valence-corrected chi connectivity index (χ1v) is 4.87. The number of carbonyl (C=O) groups excluding carboxylic acids is 1. The van der Waals surface area contributed by atoms with E-state index in [9.17, 15) is 18.0 Å². The zero-order valence-corrected chi connectivity index (χ0v) is 8.41. The van der Waals surface area contributed by atoms with Crippen molar-refractivity contribution in [2.24, 2.45) is 0 Å². The van der Waals surface area contributed by atoms with E-state index in [0.717, 1.165) is 0 Å².